The van der Waals surface area contributed by atoms with Crippen LogP contribution in [0.5, 0.6) is 0 Å². The van der Waals surface area contributed by atoms with Crippen LogP contribution in [0.15, 0.2) is 211 Å². The Morgan fingerprint density at radius 3 is 1.67 bits per heavy atom. The molecule has 0 atom stereocenters. The highest BCUT2D eigenvalue weighted by Gasteiger charge is 2.22. The molecule has 0 aliphatic carbocycles. The molecule has 3 heteroatoms. The third-order valence-electron chi connectivity index (χ3n) is 11.0. The summed E-state index contributed by atoms with van der Waals surface area (Å²) in [6.07, 6.45) is 0. The highest BCUT2D eigenvalue weighted by Crippen LogP contribution is 2.46. The van der Waals surface area contributed by atoms with E-state index in [0.717, 1.165) is 61.4 Å². The average molecular weight is 703 g/mol. The predicted molar refractivity (Wildman–Crippen MR) is 231 cm³/mol. The summed E-state index contributed by atoms with van der Waals surface area (Å²) in [5.74, 6) is 0. The van der Waals surface area contributed by atoms with Crippen LogP contribution in [0.2, 0.25) is 0 Å². The van der Waals surface area contributed by atoms with Crippen LogP contribution < -0.4 is 4.90 Å². The highest BCUT2D eigenvalue weighted by atomic mass is 16.3. The van der Waals surface area contributed by atoms with Gasteiger partial charge in [0.05, 0.1) is 22.4 Å². The van der Waals surface area contributed by atoms with Gasteiger partial charge in [-0.2, -0.15) is 0 Å². The van der Waals surface area contributed by atoms with Gasteiger partial charge in [0, 0.05) is 44.0 Å². The molecule has 2 heterocycles. The third kappa shape index (κ3) is 5.13. The molecule has 0 unspecified atom stereocenters. The molecule has 0 radical (unpaired) electrons. The molecule has 55 heavy (non-hydrogen) atoms. The zero-order valence-corrected chi connectivity index (χ0v) is 29.9. The first-order valence-corrected chi connectivity index (χ1v) is 18.8. The number of hydrogen-bond donors (Lipinski definition) is 0. The van der Waals surface area contributed by atoms with E-state index in [1.165, 1.54) is 38.1 Å². The van der Waals surface area contributed by atoms with Crippen molar-refractivity contribution in [3.63, 3.8) is 0 Å². The van der Waals surface area contributed by atoms with E-state index in [9.17, 15) is 0 Å². The molecule has 2 aromatic heterocycles. The first-order valence-electron chi connectivity index (χ1n) is 18.8. The van der Waals surface area contributed by atoms with Crippen molar-refractivity contribution in [2.75, 3.05) is 4.90 Å². The van der Waals surface area contributed by atoms with E-state index in [0.29, 0.717) is 0 Å². The van der Waals surface area contributed by atoms with Crippen molar-refractivity contribution in [2.45, 2.75) is 0 Å². The van der Waals surface area contributed by atoms with Crippen LogP contribution >= 0.6 is 0 Å². The van der Waals surface area contributed by atoms with Crippen LogP contribution in [0.25, 0.3) is 82.5 Å². The topological polar surface area (TPSA) is 21.3 Å². The summed E-state index contributed by atoms with van der Waals surface area (Å²) in [4.78, 5) is 2.43. The number of para-hydroxylation sites is 5. The van der Waals surface area contributed by atoms with Crippen LogP contribution in [0.4, 0.5) is 17.1 Å². The molecule has 0 spiro atoms. The van der Waals surface area contributed by atoms with Crippen molar-refractivity contribution < 1.29 is 4.42 Å². The fraction of sp³-hybridized carbons (Fsp3) is 0. The van der Waals surface area contributed by atoms with E-state index >= 15 is 0 Å². The molecule has 11 rings (SSSR count). The van der Waals surface area contributed by atoms with Crippen LogP contribution in [0.1, 0.15) is 0 Å². The number of hydrogen-bond acceptors (Lipinski definition) is 2. The Morgan fingerprint density at radius 2 is 0.927 bits per heavy atom. The maximum absolute atomic E-state index is 6.41. The first kappa shape index (κ1) is 31.2. The Morgan fingerprint density at radius 1 is 0.364 bits per heavy atom. The molecule has 0 saturated heterocycles. The number of anilines is 3. The van der Waals surface area contributed by atoms with Crippen molar-refractivity contribution in [1.82, 2.24) is 4.57 Å². The Balaban J connectivity index is 1.16. The largest absolute Gasteiger partial charge is 0.456 e. The highest BCUT2D eigenvalue weighted by molar-refractivity contribution is 6.10. The zero-order chi connectivity index (χ0) is 36.3. The lowest BCUT2D eigenvalue weighted by molar-refractivity contribution is 0.669. The van der Waals surface area contributed by atoms with Gasteiger partial charge in [-0.05, 0) is 88.6 Å². The van der Waals surface area contributed by atoms with Gasteiger partial charge in [0.25, 0.3) is 0 Å². The second kappa shape index (κ2) is 12.6. The Bertz CT molecular complexity index is 3190. The Kier molecular flexibility index (Phi) is 7.17. The number of rotatable bonds is 6. The van der Waals surface area contributed by atoms with Crippen LogP contribution in [-0.4, -0.2) is 4.57 Å². The van der Waals surface area contributed by atoms with Gasteiger partial charge >= 0.3 is 0 Å². The fourth-order valence-electron chi connectivity index (χ4n) is 8.46. The van der Waals surface area contributed by atoms with Gasteiger partial charge in [0.2, 0.25) is 0 Å². The molecule has 0 N–H and O–H groups in total. The van der Waals surface area contributed by atoms with Crippen molar-refractivity contribution in [3.05, 3.63) is 206 Å². The molecule has 0 fully saturated rings. The summed E-state index contributed by atoms with van der Waals surface area (Å²) in [6.45, 7) is 0. The van der Waals surface area contributed by atoms with Gasteiger partial charge in [-0.1, -0.05) is 140 Å². The van der Waals surface area contributed by atoms with Gasteiger partial charge < -0.3 is 13.9 Å². The molecule has 0 bridgehead atoms. The average Bonchev–Trinajstić information content (AvgIpc) is 3.80. The molecule has 3 nitrogen and oxygen atoms in total. The summed E-state index contributed by atoms with van der Waals surface area (Å²) in [5.41, 5.74) is 13.0. The predicted octanol–water partition coefficient (Wildman–Crippen LogP) is 14.6. The minimum absolute atomic E-state index is 0.880. The van der Waals surface area contributed by atoms with E-state index in [1.807, 2.05) is 12.1 Å². The van der Waals surface area contributed by atoms with Gasteiger partial charge in [-0.3, -0.25) is 0 Å². The number of fused-ring (bicyclic) bond motifs is 7. The first-order chi connectivity index (χ1) is 27.3. The SMILES string of the molecule is c1cc(N(c2ccccc2-c2ccc3ccccc3c2)c2ccccc2-c2ccc3c(c2)oc2ccccc23)cc(-n2c3ccccc3c3ccccc32)c1. The van der Waals surface area contributed by atoms with E-state index in [2.05, 4.69) is 204 Å². The summed E-state index contributed by atoms with van der Waals surface area (Å²) >= 11 is 0. The maximum Gasteiger partial charge on any atom is 0.136 e. The fourth-order valence-corrected chi connectivity index (χ4v) is 8.46. The molecule has 11 aromatic rings. The third-order valence-corrected chi connectivity index (χ3v) is 11.0. The maximum atomic E-state index is 6.41. The van der Waals surface area contributed by atoms with Crippen molar-refractivity contribution in [3.8, 4) is 27.9 Å². The van der Waals surface area contributed by atoms with Gasteiger partial charge in [0.15, 0.2) is 0 Å². The minimum Gasteiger partial charge on any atom is -0.456 e. The minimum atomic E-state index is 0.880. The molecule has 0 amide bonds. The van der Waals surface area contributed by atoms with E-state index in [1.54, 1.807) is 0 Å². The van der Waals surface area contributed by atoms with E-state index in [4.69, 9.17) is 4.42 Å². The Hall–Kier alpha value is -7.36. The molecule has 0 saturated carbocycles. The zero-order valence-electron chi connectivity index (χ0n) is 29.9. The summed E-state index contributed by atoms with van der Waals surface area (Å²) < 4.78 is 8.80. The number of nitrogens with zero attached hydrogens (tertiary/aromatic N) is 2. The van der Waals surface area contributed by atoms with E-state index < -0.39 is 0 Å². The normalized spacial score (nSPS) is 11.6. The summed E-state index contributed by atoms with van der Waals surface area (Å²) in [5, 5.41) is 7.18. The second-order valence-electron chi connectivity index (χ2n) is 14.1. The number of furan rings is 1. The number of benzene rings is 9. The monoisotopic (exact) mass is 702 g/mol. The van der Waals surface area contributed by atoms with Crippen LogP contribution in [0, 0.1) is 0 Å². The lowest BCUT2D eigenvalue weighted by Gasteiger charge is -2.30. The van der Waals surface area contributed by atoms with Crippen molar-refractivity contribution in [2.24, 2.45) is 0 Å². The molecular formula is C52H34N2O. The van der Waals surface area contributed by atoms with Gasteiger partial charge in [0.1, 0.15) is 11.2 Å². The molecular weight excluding hydrogens is 669 g/mol. The number of aromatic nitrogens is 1. The molecule has 0 aliphatic rings. The standard InChI is InChI=1S/C52H34N2O/c1-2-15-36-32-37(29-28-35(36)14-1)41-18-3-8-23-47(41)53(39-16-13-17-40(34-39)54-49-25-10-5-20-43(49)44-21-6-11-26-50(44)54)48-24-9-4-19-42(48)38-30-31-46-45-22-7-12-27-51(45)55-52(46)33-38/h1-34H. The van der Waals surface area contributed by atoms with Gasteiger partial charge in [-0.25, -0.2) is 0 Å². The van der Waals surface area contributed by atoms with Crippen LogP contribution in [0.3, 0.4) is 0 Å². The smallest absolute Gasteiger partial charge is 0.136 e. The quantitative estimate of drug-likeness (QED) is 0.172. The van der Waals surface area contributed by atoms with Crippen molar-refractivity contribution in [1.29, 1.82) is 0 Å². The molecule has 9 aromatic carbocycles. The second-order valence-corrected chi connectivity index (χ2v) is 14.1. The summed E-state index contributed by atoms with van der Waals surface area (Å²) in [6, 6.07) is 74.1. The lowest BCUT2D eigenvalue weighted by Crippen LogP contribution is -2.13. The molecule has 0 aliphatic heterocycles. The van der Waals surface area contributed by atoms with Crippen molar-refractivity contribution >= 4 is 71.6 Å². The van der Waals surface area contributed by atoms with Gasteiger partial charge in [-0.15, -0.1) is 0 Å². The molecule has 258 valence electrons. The van der Waals surface area contributed by atoms with E-state index in [-0.39, 0.29) is 0 Å². The Labute approximate surface area is 318 Å². The van der Waals surface area contributed by atoms with Crippen LogP contribution in [-0.2, 0) is 0 Å². The lowest BCUT2D eigenvalue weighted by atomic mass is 9.97. The summed E-state index contributed by atoms with van der Waals surface area (Å²) in [7, 11) is 0.